The van der Waals surface area contributed by atoms with Crippen LogP contribution < -0.4 is 11.3 Å². The molecule has 0 unspecified atom stereocenters. The lowest BCUT2D eigenvalue weighted by Gasteiger charge is -2.10. The van der Waals surface area contributed by atoms with Gasteiger partial charge in [-0.2, -0.15) is 0 Å². The van der Waals surface area contributed by atoms with E-state index in [1.54, 1.807) is 6.07 Å². The normalized spacial score (nSPS) is 11.2. The van der Waals surface area contributed by atoms with Gasteiger partial charge in [0.1, 0.15) is 11.3 Å². The van der Waals surface area contributed by atoms with Crippen molar-refractivity contribution in [2.24, 2.45) is 5.84 Å². The quantitative estimate of drug-likeness (QED) is 0.639. The zero-order valence-electron chi connectivity index (χ0n) is 9.46. The van der Waals surface area contributed by atoms with E-state index in [4.69, 9.17) is 17.4 Å². The van der Waals surface area contributed by atoms with Crippen LogP contribution in [0.3, 0.4) is 0 Å². The predicted octanol–water partition coefficient (Wildman–Crippen LogP) is 2.83. The van der Waals surface area contributed by atoms with Gasteiger partial charge in [0.05, 0.1) is 0 Å². The van der Waals surface area contributed by atoms with Crippen LogP contribution in [0.25, 0.3) is 10.9 Å². The molecule has 2 rings (SSSR count). The Bertz CT molecular complexity index is 571. The molecule has 0 fully saturated rings. The van der Waals surface area contributed by atoms with Crippen molar-refractivity contribution in [3.63, 3.8) is 0 Å². The lowest BCUT2D eigenvalue weighted by Crippen LogP contribution is -2.12. The molecule has 0 spiro atoms. The molecule has 2 aromatic rings. The monoisotopic (exact) mass is 254 g/mol. The maximum atomic E-state index is 13.8. The van der Waals surface area contributed by atoms with Gasteiger partial charge < -0.3 is 5.43 Å². The van der Waals surface area contributed by atoms with Crippen molar-refractivity contribution in [2.75, 3.05) is 5.43 Å². The SMILES string of the molecule is CC(C)c1nc(NN)c2cc(Cl)cc(F)c2n1. The molecule has 4 nitrogen and oxygen atoms in total. The molecule has 17 heavy (non-hydrogen) atoms. The molecule has 0 radical (unpaired) electrons. The minimum absolute atomic E-state index is 0.0848. The summed E-state index contributed by atoms with van der Waals surface area (Å²) < 4.78 is 13.8. The highest BCUT2D eigenvalue weighted by molar-refractivity contribution is 6.31. The van der Waals surface area contributed by atoms with E-state index in [1.165, 1.54) is 6.07 Å². The molecule has 0 bridgehead atoms. The van der Waals surface area contributed by atoms with Crippen LogP contribution in [0.2, 0.25) is 5.02 Å². The molecule has 1 aromatic carbocycles. The van der Waals surface area contributed by atoms with E-state index in [-0.39, 0.29) is 16.5 Å². The first kappa shape index (κ1) is 12.0. The van der Waals surface area contributed by atoms with Crippen LogP contribution in [0.4, 0.5) is 10.2 Å². The highest BCUT2D eigenvalue weighted by Gasteiger charge is 2.13. The van der Waals surface area contributed by atoms with Crippen LogP contribution in [-0.2, 0) is 0 Å². The van der Waals surface area contributed by atoms with Gasteiger partial charge in [-0.1, -0.05) is 25.4 Å². The van der Waals surface area contributed by atoms with Crippen LogP contribution in [-0.4, -0.2) is 9.97 Å². The summed E-state index contributed by atoms with van der Waals surface area (Å²) in [6.45, 7) is 3.85. The van der Waals surface area contributed by atoms with E-state index >= 15 is 0 Å². The fraction of sp³-hybridized carbons (Fsp3) is 0.273. The van der Waals surface area contributed by atoms with Gasteiger partial charge in [-0.15, -0.1) is 0 Å². The number of nitrogens with one attached hydrogen (secondary N) is 1. The molecule has 0 atom stereocenters. The van der Waals surface area contributed by atoms with Gasteiger partial charge in [0.25, 0.3) is 0 Å². The van der Waals surface area contributed by atoms with E-state index in [9.17, 15) is 4.39 Å². The second kappa shape index (κ2) is 4.43. The van der Waals surface area contributed by atoms with Gasteiger partial charge >= 0.3 is 0 Å². The number of nitrogen functional groups attached to an aromatic ring is 1. The summed E-state index contributed by atoms with van der Waals surface area (Å²) in [7, 11) is 0. The molecule has 1 heterocycles. The largest absolute Gasteiger partial charge is 0.308 e. The Labute approximate surface area is 103 Å². The van der Waals surface area contributed by atoms with Crippen molar-refractivity contribution in [2.45, 2.75) is 19.8 Å². The van der Waals surface area contributed by atoms with Crippen molar-refractivity contribution in [3.05, 3.63) is 28.8 Å². The van der Waals surface area contributed by atoms with E-state index in [0.29, 0.717) is 17.0 Å². The first-order valence-electron chi connectivity index (χ1n) is 5.16. The number of nitrogens with two attached hydrogens (primary N) is 1. The summed E-state index contributed by atoms with van der Waals surface area (Å²) in [5, 5.41) is 0.759. The number of aromatic nitrogens is 2. The summed E-state index contributed by atoms with van der Waals surface area (Å²) in [6, 6.07) is 2.81. The average molecular weight is 255 g/mol. The van der Waals surface area contributed by atoms with E-state index in [0.717, 1.165) is 0 Å². The van der Waals surface area contributed by atoms with E-state index in [2.05, 4.69) is 15.4 Å². The van der Waals surface area contributed by atoms with E-state index in [1.807, 2.05) is 13.8 Å². The summed E-state index contributed by atoms with van der Waals surface area (Å²) >= 11 is 5.79. The number of hydrogen-bond donors (Lipinski definition) is 2. The average Bonchev–Trinajstić information content (AvgIpc) is 2.27. The number of hydrogen-bond acceptors (Lipinski definition) is 4. The summed E-state index contributed by atoms with van der Waals surface area (Å²) in [5.41, 5.74) is 2.67. The third-order valence-electron chi connectivity index (χ3n) is 2.39. The minimum Gasteiger partial charge on any atom is -0.308 e. The van der Waals surface area contributed by atoms with Gasteiger partial charge in [0.2, 0.25) is 0 Å². The number of fused-ring (bicyclic) bond motifs is 1. The summed E-state index contributed by atoms with van der Waals surface area (Å²) in [5.74, 6) is 5.89. The maximum absolute atomic E-state index is 13.8. The Hall–Kier alpha value is -1.46. The summed E-state index contributed by atoms with van der Waals surface area (Å²) in [4.78, 5) is 8.41. The molecular weight excluding hydrogens is 243 g/mol. The third-order valence-corrected chi connectivity index (χ3v) is 2.61. The number of rotatable bonds is 2. The maximum Gasteiger partial charge on any atom is 0.151 e. The zero-order chi connectivity index (χ0) is 12.6. The van der Waals surface area contributed by atoms with Crippen LogP contribution in [0, 0.1) is 5.82 Å². The molecule has 0 aliphatic carbocycles. The Morgan fingerprint density at radius 2 is 2.06 bits per heavy atom. The second-order valence-electron chi connectivity index (χ2n) is 4.01. The molecule has 1 aromatic heterocycles. The van der Waals surface area contributed by atoms with E-state index < -0.39 is 5.82 Å². The van der Waals surface area contributed by atoms with Gasteiger partial charge in [0.15, 0.2) is 11.6 Å². The van der Waals surface area contributed by atoms with Gasteiger partial charge in [-0.05, 0) is 12.1 Å². The fourth-order valence-electron chi connectivity index (χ4n) is 1.54. The lowest BCUT2D eigenvalue weighted by molar-refractivity contribution is 0.634. The molecule has 0 aliphatic rings. The van der Waals surface area contributed by atoms with Crippen molar-refractivity contribution in [1.82, 2.24) is 9.97 Å². The zero-order valence-corrected chi connectivity index (χ0v) is 10.2. The van der Waals surface area contributed by atoms with Crippen LogP contribution >= 0.6 is 11.6 Å². The third kappa shape index (κ3) is 2.16. The minimum atomic E-state index is -0.478. The van der Waals surface area contributed by atoms with Crippen molar-refractivity contribution >= 4 is 28.3 Å². The molecule has 0 amide bonds. The first-order valence-corrected chi connectivity index (χ1v) is 5.54. The second-order valence-corrected chi connectivity index (χ2v) is 4.45. The lowest BCUT2D eigenvalue weighted by atomic mass is 10.1. The Kier molecular flexibility index (Phi) is 3.13. The smallest absolute Gasteiger partial charge is 0.151 e. The number of hydrazine groups is 1. The van der Waals surface area contributed by atoms with Crippen LogP contribution in [0.5, 0.6) is 0 Å². The van der Waals surface area contributed by atoms with Crippen molar-refractivity contribution in [1.29, 1.82) is 0 Å². The molecule has 0 saturated carbocycles. The number of nitrogens with zero attached hydrogens (tertiary/aromatic N) is 2. The number of benzene rings is 1. The summed E-state index contributed by atoms with van der Waals surface area (Å²) in [6.07, 6.45) is 0. The molecular formula is C11H12ClFN4. The molecule has 0 aliphatic heterocycles. The highest BCUT2D eigenvalue weighted by Crippen LogP contribution is 2.27. The number of halogens is 2. The topological polar surface area (TPSA) is 63.8 Å². The standard InChI is InChI=1S/C11H12ClFN4/c1-5(2)10-15-9-7(11(16-10)17-14)3-6(12)4-8(9)13/h3-5H,14H2,1-2H3,(H,15,16,17). The molecule has 90 valence electrons. The van der Waals surface area contributed by atoms with Crippen LogP contribution in [0.1, 0.15) is 25.6 Å². The van der Waals surface area contributed by atoms with Crippen molar-refractivity contribution < 1.29 is 4.39 Å². The predicted molar refractivity (Wildman–Crippen MR) is 66.4 cm³/mol. The molecule has 0 saturated heterocycles. The molecule has 3 N–H and O–H groups in total. The Morgan fingerprint density at radius 3 is 2.65 bits per heavy atom. The Morgan fingerprint density at radius 1 is 1.35 bits per heavy atom. The van der Waals surface area contributed by atoms with Gasteiger partial charge in [-0.25, -0.2) is 20.2 Å². The molecule has 6 heteroatoms. The van der Waals surface area contributed by atoms with Gasteiger partial charge in [0, 0.05) is 16.3 Å². The van der Waals surface area contributed by atoms with Crippen molar-refractivity contribution in [3.8, 4) is 0 Å². The number of anilines is 1. The fourth-order valence-corrected chi connectivity index (χ4v) is 1.75. The van der Waals surface area contributed by atoms with Gasteiger partial charge in [-0.3, -0.25) is 0 Å². The Balaban J connectivity index is 2.82. The highest BCUT2D eigenvalue weighted by atomic mass is 35.5. The first-order chi connectivity index (χ1) is 8.02. The van der Waals surface area contributed by atoms with Crippen LogP contribution in [0.15, 0.2) is 12.1 Å².